The van der Waals surface area contributed by atoms with Crippen molar-refractivity contribution in [1.29, 1.82) is 5.26 Å². The summed E-state index contributed by atoms with van der Waals surface area (Å²) in [7, 11) is 0. The lowest BCUT2D eigenvalue weighted by Gasteiger charge is -2.23. The molecule has 76 valence electrons. The lowest BCUT2D eigenvalue weighted by atomic mass is 9.96. The minimum absolute atomic E-state index is 0.273. The topological polar surface area (TPSA) is 35.8 Å². The van der Waals surface area contributed by atoms with Gasteiger partial charge in [0.1, 0.15) is 5.70 Å². The van der Waals surface area contributed by atoms with E-state index < -0.39 is 17.8 Å². The highest BCUT2D eigenvalue weighted by Gasteiger charge is 2.36. The van der Waals surface area contributed by atoms with Gasteiger partial charge < -0.3 is 5.32 Å². The fraction of sp³-hybridized carbons (Fsp3) is 0.444. The molecule has 14 heavy (non-hydrogen) atoms. The number of hydrogen-bond acceptors (Lipinski definition) is 2. The van der Waals surface area contributed by atoms with Crippen molar-refractivity contribution in [2.75, 3.05) is 0 Å². The fourth-order valence-electron chi connectivity index (χ4n) is 1.34. The van der Waals surface area contributed by atoms with E-state index in [1.165, 1.54) is 6.92 Å². The summed E-state index contributed by atoms with van der Waals surface area (Å²) in [4.78, 5) is 0. The molecule has 0 aromatic carbocycles. The molecule has 0 aromatic heterocycles. The number of rotatable bonds is 0. The second-order valence-electron chi connectivity index (χ2n) is 3.14. The largest absolute Gasteiger partial charge is 0.430 e. The van der Waals surface area contributed by atoms with Gasteiger partial charge in [0.25, 0.3) is 0 Å². The van der Waals surface area contributed by atoms with Crippen molar-refractivity contribution in [2.24, 2.45) is 5.92 Å². The van der Waals surface area contributed by atoms with E-state index in [0.717, 1.165) is 6.08 Å². The first-order valence-electron chi connectivity index (χ1n) is 4.03. The van der Waals surface area contributed by atoms with Gasteiger partial charge in [0.15, 0.2) is 0 Å². The highest BCUT2D eigenvalue weighted by Crippen LogP contribution is 2.30. The van der Waals surface area contributed by atoms with E-state index in [1.54, 1.807) is 6.92 Å². The maximum absolute atomic E-state index is 12.3. The van der Waals surface area contributed by atoms with Crippen LogP contribution in [0.4, 0.5) is 13.2 Å². The van der Waals surface area contributed by atoms with Gasteiger partial charge in [-0.3, -0.25) is 0 Å². The maximum Gasteiger partial charge on any atom is 0.430 e. The summed E-state index contributed by atoms with van der Waals surface area (Å²) in [5, 5.41) is 10.8. The van der Waals surface area contributed by atoms with Gasteiger partial charge in [0.05, 0.1) is 11.6 Å². The highest BCUT2D eigenvalue weighted by molar-refractivity contribution is 5.37. The number of halogens is 3. The fourth-order valence-corrected chi connectivity index (χ4v) is 1.34. The van der Waals surface area contributed by atoms with E-state index >= 15 is 0 Å². The highest BCUT2D eigenvalue weighted by atomic mass is 19.4. The van der Waals surface area contributed by atoms with Gasteiger partial charge in [0.2, 0.25) is 0 Å². The summed E-state index contributed by atoms with van der Waals surface area (Å²) in [6.07, 6.45) is -3.36. The normalized spacial score (nSPS) is 22.6. The van der Waals surface area contributed by atoms with Crippen LogP contribution in [0.25, 0.3) is 0 Å². The second-order valence-corrected chi connectivity index (χ2v) is 3.14. The van der Waals surface area contributed by atoms with Crippen LogP contribution in [0.5, 0.6) is 0 Å². The van der Waals surface area contributed by atoms with Crippen LogP contribution in [0.3, 0.4) is 0 Å². The zero-order chi connectivity index (χ0) is 10.9. The third-order valence-electron chi connectivity index (χ3n) is 2.02. The zero-order valence-corrected chi connectivity index (χ0v) is 7.74. The Kier molecular flexibility index (Phi) is 2.56. The molecule has 1 rings (SSSR count). The Labute approximate surface area is 79.7 Å². The van der Waals surface area contributed by atoms with Gasteiger partial charge >= 0.3 is 6.18 Å². The van der Waals surface area contributed by atoms with Gasteiger partial charge in [-0.05, 0) is 13.0 Å². The van der Waals surface area contributed by atoms with E-state index in [1.807, 2.05) is 6.07 Å². The van der Waals surface area contributed by atoms with Crippen LogP contribution in [0.2, 0.25) is 0 Å². The van der Waals surface area contributed by atoms with Crippen molar-refractivity contribution in [2.45, 2.75) is 20.0 Å². The molecule has 0 saturated carbocycles. The third-order valence-corrected chi connectivity index (χ3v) is 2.02. The van der Waals surface area contributed by atoms with Crippen LogP contribution in [0.1, 0.15) is 13.8 Å². The second kappa shape index (κ2) is 3.37. The van der Waals surface area contributed by atoms with Crippen LogP contribution >= 0.6 is 0 Å². The lowest BCUT2D eigenvalue weighted by molar-refractivity contribution is -0.0965. The SMILES string of the molecule is CC1=C(C#N)[C@@H](C)C=C(C(F)(F)F)N1. The monoisotopic (exact) mass is 202 g/mol. The van der Waals surface area contributed by atoms with Crippen LogP contribution in [-0.2, 0) is 0 Å². The zero-order valence-electron chi connectivity index (χ0n) is 7.74. The first-order chi connectivity index (χ1) is 6.36. The van der Waals surface area contributed by atoms with E-state index in [4.69, 9.17) is 5.26 Å². The van der Waals surface area contributed by atoms with Gasteiger partial charge in [-0.1, -0.05) is 6.92 Å². The van der Waals surface area contributed by atoms with Crippen molar-refractivity contribution in [1.82, 2.24) is 5.32 Å². The van der Waals surface area contributed by atoms with Crippen molar-refractivity contribution in [3.8, 4) is 6.07 Å². The smallest absolute Gasteiger partial charge is 0.355 e. The van der Waals surface area contributed by atoms with E-state index in [0.29, 0.717) is 5.57 Å². The van der Waals surface area contributed by atoms with Crippen LogP contribution in [0, 0.1) is 17.2 Å². The molecule has 0 saturated heterocycles. The molecule has 1 aliphatic rings. The summed E-state index contributed by atoms with van der Waals surface area (Å²) in [5.74, 6) is -0.488. The van der Waals surface area contributed by atoms with Crippen LogP contribution < -0.4 is 5.32 Å². The first kappa shape index (κ1) is 10.6. The van der Waals surface area contributed by atoms with Gasteiger partial charge in [-0.25, -0.2) is 0 Å². The number of hydrogen-bond donors (Lipinski definition) is 1. The first-order valence-corrected chi connectivity index (χ1v) is 4.03. The predicted octanol–water partition coefficient (Wildman–Crippen LogP) is 2.47. The van der Waals surface area contributed by atoms with Crippen molar-refractivity contribution in [3.05, 3.63) is 23.0 Å². The summed E-state index contributed by atoms with van der Waals surface area (Å²) >= 11 is 0. The molecule has 0 aromatic rings. The third kappa shape index (κ3) is 1.90. The number of dihydropyridines is 1. The summed E-state index contributed by atoms with van der Waals surface area (Å²) < 4.78 is 36.8. The number of nitrogens with zero attached hydrogens (tertiary/aromatic N) is 1. The summed E-state index contributed by atoms with van der Waals surface area (Å²) in [6.45, 7) is 3.03. The Morgan fingerprint density at radius 1 is 1.50 bits per heavy atom. The molecule has 0 fully saturated rings. The van der Waals surface area contributed by atoms with Crippen molar-refractivity contribution < 1.29 is 13.2 Å². The Bertz CT molecular complexity index is 344. The van der Waals surface area contributed by atoms with Gasteiger partial charge in [-0.2, -0.15) is 18.4 Å². The Hall–Kier alpha value is -1.44. The molecule has 1 N–H and O–H groups in total. The predicted molar refractivity (Wildman–Crippen MR) is 44.8 cm³/mol. The molecule has 0 spiro atoms. The number of nitriles is 1. The molecule has 0 bridgehead atoms. The molecule has 1 heterocycles. The molecule has 1 aliphatic heterocycles. The summed E-state index contributed by atoms with van der Waals surface area (Å²) in [6, 6.07) is 1.88. The number of nitrogens with one attached hydrogen (secondary N) is 1. The minimum atomic E-state index is -4.38. The average Bonchev–Trinajstić information content (AvgIpc) is 2.01. The quantitative estimate of drug-likeness (QED) is 0.655. The molecule has 2 nitrogen and oxygen atoms in total. The molecule has 0 amide bonds. The number of alkyl halides is 3. The lowest BCUT2D eigenvalue weighted by Crippen LogP contribution is -2.30. The van der Waals surface area contributed by atoms with E-state index in [-0.39, 0.29) is 5.70 Å². The van der Waals surface area contributed by atoms with E-state index in [2.05, 4.69) is 5.32 Å². The van der Waals surface area contributed by atoms with Crippen LogP contribution in [-0.4, -0.2) is 6.18 Å². The Morgan fingerprint density at radius 2 is 2.07 bits per heavy atom. The van der Waals surface area contributed by atoms with Gasteiger partial charge in [-0.15, -0.1) is 0 Å². The number of allylic oxidation sites excluding steroid dienone is 4. The van der Waals surface area contributed by atoms with Crippen LogP contribution in [0.15, 0.2) is 23.0 Å². The maximum atomic E-state index is 12.3. The Balaban J connectivity index is 3.00. The van der Waals surface area contributed by atoms with Crippen molar-refractivity contribution in [3.63, 3.8) is 0 Å². The average molecular weight is 202 g/mol. The minimum Gasteiger partial charge on any atom is -0.355 e. The molecule has 0 radical (unpaired) electrons. The molecule has 0 unspecified atom stereocenters. The van der Waals surface area contributed by atoms with Gasteiger partial charge in [0, 0.05) is 11.6 Å². The van der Waals surface area contributed by atoms with Crippen molar-refractivity contribution >= 4 is 0 Å². The molecular weight excluding hydrogens is 193 g/mol. The molecule has 5 heteroatoms. The molecule has 0 aliphatic carbocycles. The summed E-state index contributed by atoms with van der Waals surface area (Å²) in [5.41, 5.74) is -0.172. The van der Waals surface area contributed by atoms with E-state index in [9.17, 15) is 13.2 Å². The Morgan fingerprint density at radius 3 is 2.43 bits per heavy atom. The standard InChI is InChI=1S/C9H9F3N2/c1-5-3-8(9(10,11)12)14-6(2)7(5)4-13/h3,5,14H,1-2H3/t5-/m0/s1. The molecule has 1 atom stereocenters. The molecular formula is C9H9F3N2.